The van der Waals surface area contributed by atoms with Crippen molar-refractivity contribution in [3.8, 4) is 0 Å². The molecule has 0 saturated carbocycles. The molecule has 3 heterocycles. The molecule has 0 spiro atoms. The van der Waals surface area contributed by atoms with Gasteiger partial charge in [-0.15, -0.1) is 0 Å². The summed E-state index contributed by atoms with van der Waals surface area (Å²) in [5.41, 5.74) is 2.11. The average molecular weight is 352 g/mol. The van der Waals surface area contributed by atoms with E-state index in [4.69, 9.17) is 4.42 Å². The van der Waals surface area contributed by atoms with Gasteiger partial charge in [-0.2, -0.15) is 0 Å². The molecule has 0 radical (unpaired) electrons. The summed E-state index contributed by atoms with van der Waals surface area (Å²) in [5.74, 6) is 1.56. The molecule has 26 heavy (non-hydrogen) atoms. The molecule has 2 aliphatic rings. The van der Waals surface area contributed by atoms with Gasteiger partial charge in [0.1, 0.15) is 6.26 Å². The number of hydrogen-bond donors (Lipinski definition) is 0. The lowest BCUT2D eigenvalue weighted by atomic mass is 9.83. The Labute approximate surface area is 155 Å². The fourth-order valence-electron chi connectivity index (χ4n) is 4.51. The summed E-state index contributed by atoms with van der Waals surface area (Å²) >= 11 is 0. The number of rotatable bonds is 5. The second-order valence-electron chi connectivity index (χ2n) is 7.73. The van der Waals surface area contributed by atoms with Gasteiger partial charge in [0.05, 0.1) is 11.8 Å². The van der Waals surface area contributed by atoms with Crippen LogP contribution in [0.1, 0.15) is 35.2 Å². The molecule has 1 aromatic carbocycles. The van der Waals surface area contributed by atoms with E-state index in [2.05, 4.69) is 35.2 Å². The molecule has 2 aromatic rings. The minimum Gasteiger partial charge on any atom is -0.472 e. The Hall–Kier alpha value is -2.07. The van der Waals surface area contributed by atoms with Crippen molar-refractivity contribution in [2.45, 2.75) is 25.7 Å². The summed E-state index contributed by atoms with van der Waals surface area (Å²) in [7, 11) is 0. The summed E-state index contributed by atoms with van der Waals surface area (Å²) < 4.78 is 5.05. The van der Waals surface area contributed by atoms with Gasteiger partial charge in [-0.1, -0.05) is 30.3 Å². The van der Waals surface area contributed by atoms with Gasteiger partial charge >= 0.3 is 0 Å². The van der Waals surface area contributed by atoms with Crippen LogP contribution in [0.5, 0.6) is 0 Å². The SMILES string of the molecule is O=C(c1ccoc1)N1CC[C@H](C2CCN(CCc3ccccc3)CC2)C1. The number of amides is 1. The normalized spacial score (nSPS) is 22.0. The highest BCUT2D eigenvalue weighted by molar-refractivity contribution is 5.93. The molecule has 2 aliphatic heterocycles. The number of carbonyl (C=O) groups excluding carboxylic acids is 1. The van der Waals surface area contributed by atoms with Crippen molar-refractivity contribution >= 4 is 5.91 Å². The van der Waals surface area contributed by atoms with E-state index >= 15 is 0 Å². The van der Waals surface area contributed by atoms with Crippen molar-refractivity contribution in [1.29, 1.82) is 0 Å². The summed E-state index contributed by atoms with van der Waals surface area (Å²) in [6.45, 7) is 5.36. The zero-order valence-electron chi connectivity index (χ0n) is 15.3. The lowest BCUT2D eigenvalue weighted by molar-refractivity contribution is 0.0773. The quantitative estimate of drug-likeness (QED) is 0.823. The number of carbonyl (C=O) groups is 1. The number of likely N-dealkylation sites (tertiary alicyclic amines) is 2. The highest BCUT2D eigenvalue weighted by Crippen LogP contribution is 2.32. The van der Waals surface area contributed by atoms with Crippen LogP contribution >= 0.6 is 0 Å². The van der Waals surface area contributed by atoms with Crippen LogP contribution in [-0.2, 0) is 6.42 Å². The molecular weight excluding hydrogens is 324 g/mol. The predicted molar refractivity (Wildman–Crippen MR) is 102 cm³/mol. The molecule has 4 nitrogen and oxygen atoms in total. The van der Waals surface area contributed by atoms with E-state index in [0.717, 1.165) is 38.4 Å². The van der Waals surface area contributed by atoms with Crippen molar-refractivity contribution in [1.82, 2.24) is 9.80 Å². The molecule has 2 saturated heterocycles. The van der Waals surface area contributed by atoms with E-state index in [1.807, 2.05) is 4.90 Å². The zero-order chi connectivity index (χ0) is 17.8. The van der Waals surface area contributed by atoms with E-state index in [9.17, 15) is 4.79 Å². The fraction of sp³-hybridized carbons (Fsp3) is 0.500. The summed E-state index contributed by atoms with van der Waals surface area (Å²) in [5, 5.41) is 0. The first-order chi connectivity index (χ1) is 12.8. The van der Waals surface area contributed by atoms with Gasteiger partial charge < -0.3 is 14.2 Å². The van der Waals surface area contributed by atoms with Crippen LogP contribution in [0.15, 0.2) is 53.3 Å². The van der Waals surface area contributed by atoms with Gasteiger partial charge in [-0.3, -0.25) is 4.79 Å². The molecule has 4 heteroatoms. The largest absolute Gasteiger partial charge is 0.472 e. The van der Waals surface area contributed by atoms with Crippen LogP contribution < -0.4 is 0 Å². The maximum atomic E-state index is 12.5. The van der Waals surface area contributed by atoms with Gasteiger partial charge in [0, 0.05) is 19.6 Å². The first-order valence-electron chi connectivity index (χ1n) is 9.87. The molecule has 0 bridgehead atoms. The maximum absolute atomic E-state index is 12.5. The molecule has 1 amide bonds. The molecule has 0 unspecified atom stereocenters. The molecule has 2 fully saturated rings. The predicted octanol–water partition coefficient (Wildman–Crippen LogP) is 3.70. The Bertz CT molecular complexity index is 690. The van der Waals surface area contributed by atoms with Gasteiger partial charge in [0.25, 0.3) is 5.91 Å². The first-order valence-corrected chi connectivity index (χ1v) is 9.87. The van der Waals surface area contributed by atoms with E-state index in [0.29, 0.717) is 11.5 Å². The molecular formula is C22H28N2O2. The second kappa shape index (κ2) is 8.09. The molecule has 0 N–H and O–H groups in total. The van der Waals surface area contributed by atoms with Gasteiger partial charge in [0.2, 0.25) is 0 Å². The highest BCUT2D eigenvalue weighted by atomic mass is 16.3. The van der Waals surface area contributed by atoms with Crippen molar-refractivity contribution in [3.05, 3.63) is 60.1 Å². The number of nitrogens with zero attached hydrogens (tertiary/aromatic N) is 2. The Balaban J connectivity index is 1.22. The van der Waals surface area contributed by atoms with Crippen LogP contribution in [-0.4, -0.2) is 48.4 Å². The number of benzene rings is 1. The third kappa shape index (κ3) is 4.01. The summed E-state index contributed by atoms with van der Waals surface area (Å²) in [6, 6.07) is 12.5. The smallest absolute Gasteiger partial charge is 0.257 e. The molecule has 1 atom stereocenters. The van der Waals surface area contributed by atoms with Crippen LogP contribution in [0.2, 0.25) is 0 Å². The van der Waals surface area contributed by atoms with Gasteiger partial charge in [-0.25, -0.2) is 0 Å². The third-order valence-corrected chi connectivity index (χ3v) is 6.14. The Morgan fingerprint density at radius 2 is 1.77 bits per heavy atom. The first kappa shape index (κ1) is 17.3. The third-order valence-electron chi connectivity index (χ3n) is 6.14. The molecule has 1 aromatic heterocycles. The minimum absolute atomic E-state index is 0.126. The number of furan rings is 1. The zero-order valence-corrected chi connectivity index (χ0v) is 15.3. The minimum atomic E-state index is 0.126. The lowest BCUT2D eigenvalue weighted by Crippen LogP contribution is -2.38. The van der Waals surface area contributed by atoms with Gasteiger partial charge in [0.15, 0.2) is 0 Å². The monoisotopic (exact) mass is 352 g/mol. The lowest BCUT2D eigenvalue weighted by Gasteiger charge is -2.34. The van der Waals surface area contributed by atoms with Crippen molar-refractivity contribution in [2.24, 2.45) is 11.8 Å². The van der Waals surface area contributed by atoms with E-state index in [1.54, 1.807) is 18.6 Å². The van der Waals surface area contributed by atoms with Crippen LogP contribution in [0, 0.1) is 11.8 Å². The summed E-state index contributed by atoms with van der Waals surface area (Å²) in [4.78, 5) is 17.1. The van der Waals surface area contributed by atoms with Crippen LogP contribution in [0.25, 0.3) is 0 Å². The van der Waals surface area contributed by atoms with E-state index in [1.165, 1.54) is 31.5 Å². The Kier molecular flexibility index (Phi) is 5.40. The Morgan fingerprint density at radius 1 is 1.00 bits per heavy atom. The van der Waals surface area contributed by atoms with E-state index < -0.39 is 0 Å². The molecule has 4 rings (SSSR count). The molecule has 138 valence electrons. The van der Waals surface area contributed by atoms with Gasteiger partial charge in [-0.05, 0) is 62.2 Å². The summed E-state index contributed by atoms with van der Waals surface area (Å²) in [6.07, 6.45) is 7.97. The maximum Gasteiger partial charge on any atom is 0.257 e. The van der Waals surface area contributed by atoms with Crippen molar-refractivity contribution in [3.63, 3.8) is 0 Å². The Morgan fingerprint density at radius 3 is 2.50 bits per heavy atom. The standard InChI is InChI=1S/C22H28N2O2/c25-22(21-10-15-26-17-21)24-14-9-20(16-24)19-7-12-23(13-8-19)11-6-18-4-2-1-3-5-18/h1-5,10,15,17,19-20H,6-9,11-14,16H2/t20-/m0/s1. The average Bonchev–Trinajstić information content (AvgIpc) is 3.39. The second-order valence-corrected chi connectivity index (χ2v) is 7.73. The van der Waals surface area contributed by atoms with Crippen molar-refractivity contribution < 1.29 is 9.21 Å². The van der Waals surface area contributed by atoms with Crippen LogP contribution in [0.4, 0.5) is 0 Å². The fourth-order valence-corrected chi connectivity index (χ4v) is 4.51. The highest BCUT2D eigenvalue weighted by Gasteiger charge is 2.34. The van der Waals surface area contributed by atoms with Crippen molar-refractivity contribution in [2.75, 3.05) is 32.7 Å². The van der Waals surface area contributed by atoms with Crippen LogP contribution in [0.3, 0.4) is 0 Å². The topological polar surface area (TPSA) is 36.7 Å². The number of piperidine rings is 1. The molecule has 0 aliphatic carbocycles. The number of hydrogen-bond acceptors (Lipinski definition) is 3. The van der Waals surface area contributed by atoms with E-state index in [-0.39, 0.29) is 5.91 Å².